The average Bonchev–Trinajstić information content (AvgIpc) is 2.46. The van der Waals surface area contributed by atoms with Crippen LogP contribution < -0.4 is 16.8 Å². The highest BCUT2D eigenvalue weighted by molar-refractivity contribution is 5.79. The van der Waals surface area contributed by atoms with Crippen molar-refractivity contribution in [3.8, 4) is 5.75 Å². The number of unbranched alkanes of at least 4 members (excludes halogenated alkanes) is 1. The van der Waals surface area contributed by atoms with E-state index in [1.165, 1.54) is 0 Å². The Morgan fingerprint density at radius 1 is 1.14 bits per heavy atom. The maximum Gasteiger partial charge on any atom is 0.225 e. The van der Waals surface area contributed by atoms with E-state index in [4.69, 9.17) is 11.5 Å². The van der Waals surface area contributed by atoms with Crippen molar-refractivity contribution < 1.29 is 14.7 Å². The molecular weight excluding hydrogens is 282 g/mol. The number of rotatable bonds is 10. The summed E-state index contributed by atoms with van der Waals surface area (Å²) in [4.78, 5) is 23.1. The zero-order valence-electron chi connectivity index (χ0n) is 12.8. The van der Waals surface area contributed by atoms with E-state index in [0.29, 0.717) is 25.8 Å². The molecule has 0 aliphatic heterocycles. The minimum atomic E-state index is -0.408. The molecule has 1 amide bonds. The van der Waals surface area contributed by atoms with Crippen molar-refractivity contribution in [3.05, 3.63) is 29.8 Å². The molecule has 1 aromatic rings. The van der Waals surface area contributed by atoms with Crippen molar-refractivity contribution in [1.82, 2.24) is 5.32 Å². The molecule has 0 saturated heterocycles. The lowest BCUT2D eigenvalue weighted by atomic mass is 10.1. The Bertz CT molecular complexity index is 474. The number of carbonyl (C=O) groups excluding carboxylic acids is 2. The van der Waals surface area contributed by atoms with Gasteiger partial charge in [0, 0.05) is 12.8 Å². The topological polar surface area (TPSA) is 118 Å². The van der Waals surface area contributed by atoms with Gasteiger partial charge in [-0.2, -0.15) is 0 Å². The highest BCUT2D eigenvalue weighted by atomic mass is 16.3. The number of Topliss-reactive ketones (excluding diaryl/α,β-unsaturated/α-hetero) is 1. The zero-order chi connectivity index (χ0) is 16.4. The Kier molecular flexibility index (Phi) is 8.17. The summed E-state index contributed by atoms with van der Waals surface area (Å²) in [6.07, 6.45) is 2.95. The van der Waals surface area contributed by atoms with Gasteiger partial charge in [-0.25, -0.2) is 0 Å². The van der Waals surface area contributed by atoms with Gasteiger partial charge in [0.1, 0.15) is 11.5 Å². The Morgan fingerprint density at radius 3 is 2.45 bits per heavy atom. The number of aromatic hydroxyl groups is 1. The normalized spacial score (nSPS) is 11.9. The van der Waals surface area contributed by atoms with E-state index in [0.717, 1.165) is 18.4 Å². The van der Waals surface area contributed by atoms with Crippen molar-refractivity contribution in [2.45, 2.75) is 44.7 Å². The first-order valence-corrected chi connectivity index (χ1v) is 7.56. The van der Waals surface area contributed by atoms with Crippen LogP contribution in [-0.2, 0) is 16.0 Å². The smallest absolute Gasteiger partial charge is 0.225 e. The second-order valence-corrected chi connectivity index (χ2v) is 5.34. The Balaban J connectivity index is 2.18. The third-order valence-corrected chi connectivity index (χ3v) is 3.29. The second kappa shape index (κ2) is 9.92. The quantitative estimate of drug-likeness (QED) is 0.377. The number of nitrogens with two attached hydrogens (primary N) is 2. The molecule has 0 aliphatic carbocycles. The van der Waals surface area contributed by atoms with Gasteiger partial charge in [0.05, 0.1) is 12.6 Å². The molecule has 6 heteroatoms. The molecule has 122 valence electrons. The molecule has 0 heterocycles. The van der Waals surface area contributed by atoms with E-state index in [1.54, 1.807) is 24.3 Å². The van der Waals surface area contributed by atoms with Crippen LogP contribution in [0.2, 0.25) is 0 Å². The predicted octanol–water partition coefficient (Wildman–Crippen LogP) is 0.814. The Labute approximate surface area is 130 Å². The minimum Gasteiger partial charge on any atom is -0.508 e. The van der Waals surface area contributed by atoms with Gasteiger partial charge in [-0.15, -0.1) is 0 Å². The highest BCUT2D eigenvalue weighted by Crippen LogP contribution is 2.10. The van der Waals surface area contributed by atoms with Crippen LogP contribution in [0.15, 0.2) is 24.3 Å². The first kappa shape index (κ1) is 18.1. The molecule has 0 fully saturated rings. The van der Waals surface area contributed by atoms with Crippen molar-refractivity contribution >= 4 is 11.7 Å². The predicted molar refractivity (Wildman–Crippen MR) is 85.1 cm³/mol. The van der Waals surface area contributed by atoms with Gasteiger partial charge in [-0.3, -0.25) is 9.59 Å². The van der Waals surface area contributed by atoms with Crippen LogP contribution in [0.4, 0.5) is 0 Å². The number of nitrogens with one attached hydrogen (secondary N) is 1. The Hall–Kier alpha value is -1.92. The highest BCUT2D eigenvalue weighted by Gasteiger charge is 2.09. The van der Waals surface area contributed by atoms with E-state index in [2.05, 4.69) is 5.32 Å². The maximum atomic E-state index is 11.8. The summed E-state index contributed by atoms with van der Waals surface area (Å²) in [7, 11) is 0. The molecule has 0 radical (unpaired) electrons. The number of ketones is 1. The van der Waals surface area contributed by atoms with Crippen molar-refractivity contribution in [3.63, 3.8) is 0 Å². The van der Waals surface area contributed by atoms with Crippen LogP contribution in [0.25, 0.3) is 0 Å². The fraction of sp³-hybridized carbons (Fsp3) is 0.500. The lowest BCUT2D eigenvalue weighted by molar-refractivity contribution is -0.121. The first-order chi connectivity index (χ1) is 10.5. The lowest BCUT2D eigenvalue weighted by Gasteiger charge is -2.13. The number of phenols is 1. The molecule has 1 unspecified atom stereocenters. The summed E-state index contributed by atoms with van der Waals surface area (Å²) in [6.45, 7) is 0.395. The molecule has 0 aliphatic rings. The van der Waals surface area contributed by atoms with Gasteiger partial charge in [0.25, 0.3) is 0 Å². The summed E-state index contributed by atoms with van der Waals surface area (Å²) >= 11 is 0. The van der Waals surface area contributed by atoms with Gasteiger partial charge >= 0.3 is 0 Å². The van der Waals surface area contributed by atoms with E-state index in [9.17, 15) is 14.7 Å². The molecule has 6 N–H and O–H groups in total. The largest absolute Gasteiger partial charge is 0.508 e. The van der Waals surface area contributed by atoms with E-state index in [1.807, 2.05) is 0 Å². The molecule has 1 aromatic carbocycles. The SMILES string of the molecule is NCCC(=O)CCCCC(N)NC(=O)Cc1ccc(O)cc1. The standard InChI is InChI=1S/C16H25N3O3/c17-10-9-13(20)3-1-2-4-15(18)19-16(22)11-12-5-7-14(21)8-6-12/h5-8,15,21H,1-4,9-11,17-18H2,(H,19,22). The van der Waals surface area contributed by atoms with Crippen LogP contribution in [-0.4, -0.2) is 29.5 Å². The number of hydrogen-bond acceptors (Lipinski definition) is 5. The van der Waals surface area contributed by atoms with E-state index in [-0.39, 0.29) is 23.9 Å². The van der Waals surface area contributed by atoms with Gasteiger partial charge < -0.3 is 21.9 Å². The molecule has 0 saturated carbocycles. The third-order valence-electron chi connectivity index (χ3n) is 3.29. The number of hydrogen-bond donors (Lipinski definition) is 4. The summed E-state index contributed by atoms with van der Waals surface area (Å²) < 4.78 is 0. The van der Waals surface area contributed by atoms with Crippen molar-refractivity contribution in [1.29, 1.82) is 0 Å². The van der Waals surface area contributed by atoms with Crippen LogP contribution in [0.1, 0.15) is 37.7 Å². The van der Waals surface area contributed by atoms with Crippen LogP contribution >= 0.6 is 0 Å². The zero-order valence-corrected chi connectivity index (χ0v) is 12.8. The van der Waals surface area contributed by atoms with E-state index < -0.39 is 6.17 Å². The van der Waals surface area contributed by atoms with Gasteiger partial charge in [0.15, 0.2) is 0 Å². The minimum absolute atomic E-state index is 0.155. The van der Waals surface area contributed by atoms with E-state index >= 15 is 0 Å². The summed E-state index contributed by atoms with van der Waals surface area (Å²) in [5, 5.41) is 11.9. The molecule has 1 rings (SSSR count). The number of benzene rings is 1. The molecule has 6 nitrogen and oxygen atoms in total. The first-order valence-electron chi connectivity index (χ1n) is 7.56. The maximum absolute atomic E-state index is 11.8. The Morgan fingerprint density at radius 2 is 1.82 bits per heavy atom. The number of phenolic OH excluding ortho intramolecular Hbond substituents is 1. The second-order valence-electron chi connectivity index (χ2n) is 5.34. The summed E-state index contributed by atoms with van der Waals surface area (Å²) in [5.74, 6) is 0.190. The van der Waals surface area contributed by atoms with Gasteiger partial charge in [-0.1, -0.05) is 12.1 Å². The van der Waals surface area contributed by atoms with Gasteiger partial charge in [-0.05, 0) is 43.5 Å². The molecule has 0 bridgehead atoms. The third kappa shape index (κ3) is 7.75. The summed E-state index contributed by atoms with van der Waals surface area (Å²) in [6, 6.07) is 6.48. The fourth-order valence-electron chi connectivity index (χ4n) is 2.10. The van der Waals surface area contributed by atoms with Crippen LogP contribution in [0.5, 0.6) is 5.75 Å². The van der Waals surface area contributed by atoms with Crippen LogP contribution in [0.3, 0.4) is 0 Å². The number of amides is 1. The molecule has 0 spiro atoms. The lowest BCUT2D eigenvalue weighted by Crippen LogP contribution is -2.42. The number of carbonyl (C=O) groups is 2. The van der Waals surface area contributed by atoms with Gasteiger partial charge in [0.2, 0.25) is 5.91 Å². The summed E-state index contributed by atoms with van der Waals surface area (Å²) in [5.41, 5.74) is 12.0. The molecule has 1 atom stereocenters. The average molecular weight is 307 g/mol. The molecule has 22 heavy (non-hydrogen) atoms. The van der Waals surface area contributed by atoms with Crippen molar-refractivity contribution in [2.24, 2.45) is 11.5 Å². The fourth-order valence-corrected chi connectivity index (χ4v) is 2.10. The molecule has 0 aromatic heterocycles. The molecular formula is C16H25N3O3. The monoisotopic (exact) mass is 307 g/mol. The van der Waals surface area contributed by atoms with Crippen molar-refractivity contribution in [2.75, 3.05) is 6.54 Å². The van der Waals surface area contributed by atoms with Crippen LogP contribution in [0, 0.1) is 0 Å².